The Morgan fingerprint density at radius 2 is 1.75 bits per heavy atom. The first-order valence-electron chi connectivity index (χ1n) is 10.5. The number of hydrogen-bond acceptors (Lipinski definition) is 9. The second-order valence-corrected chi connectivity index (χ2v) is 9.94. The van der Waals surface area contributed by atoms with Gasteiger partial charge in [-0.05, 0) is 40.5 Å². The van der Waals surface area contributed by atoms with Gasteiger partial charge in [0.05, 0.1) is 12.3 Å². The number of aliphatic carboxylic acids is 2. The Balaban J connectivity index is 0.000000501. The Morgan fingerprint density at radius 3 is 2.36 bits per heavy atom. The zero-order chi connectivity index (χ0) is 26.9. The number of carboxylic acids is 2. The van der Waals surface area contributed by atoms with Gasteiger partial charge in [0.1, 0.15) is 5.82 Å². The van der Waals surface area contributed by atoms with Crippen LogP contribution in [0.2, 0.25) is 0 Å². The molecule has 0 atom stereocenters. The normalized spacial score (nSPS) is 11.3. The molecule has 1 aliphatic rings. The van der Waals surface area contributed by atoms with Gasteiger partial charge in [0.15, 0.2) is 9.84 Å². The average Bonchev–Trinajstić information content (AvgIpc) is 3.20. The molecule has 0 spiro atoms. The molecule has 190 valence electrons. The number of hydrogen-bond donors (Lipinski definition) is 4. The summed E-state index contributed by atoms with van der Waals surface area (Å²) in [4.78, 5) is 30.5. The van der Waals surface area contributed by atoms with Crippen molar-refractivity contribution < 1.29 is 28.2 Å². The fourth-order valence-electron chi connectivity index (χ4n) is 3.27. The zero-order valence-electron chi connectivity index (χ0n) is 20.0. The van der Waals surface area contributed by atoms with Crippen molar-refractivity contribution in [3.63, 3.8) is 0 Å². The van der Waals surface area contributed by atoms with E-state index >= 15 is 0 Å². The van der Waals surface area contributed by atoms with Crippen LogP contribution >= 0.6 is 0 Å². The first kappa shape index (κ1) is 27.9. The van der Waals surface area contributed by atoms with Crippen LogP contribution in [-0.2, 0) is 31.7 Å². The fraction of sp³-hybridized carbons (Fsp3) is 0.208. The summed E-state index contributed by atoms with van der Waals surface area (Å²) >= 11 is 0. The molecule has 0 saturated heterocycles. The van der Waals surface area contributed by atoms with E-state index in [0.717, 1.165) is 47.4 Å². The number of nitrogens with two attached hydrogens (primary N) is 1. The number of carbonyl (C=O) groups is 2. The summed E-state index contributed by atoms with van der Waals surface area (Å²) in [5, 5.41) is 18.1. The molecule has 36 heavy (non-hydrogen) atoms. The van der Waals surface area contributed by atoms with Gasteiger partial charge in [0, 0.05) is 43.8 Å². The van der Waals surface area contributed by atoms with Crippen molar-refractivity contribution >= 4 is 45.4 Å². The highest BCUT2D eigenvalue weighted by Crippen LogP contribution is 2.34. The van der Waals surface area contributed by atoms with E-state index in [2.05, 4.69) is 20.3 Å². The zero-order valence-corrected chi connectivity index (χ0v) is 20.8. The Labute approximate surface area is 208 Å². The van der Waals surface area contributed by atoms with Gasteiger partial charge < -0.3 is 21.3 Å². The number of rotatable bonds is 5. The molecule has 3 aromatic rings. The van der Waals surface area contributed by atoms with E-state index in [-0.39, 0.29) is 11.7 Å². The molecule has 4 rings (SSSR count). The third kappa shape index (κ3) is 9.50. The highest BCUT2D eigenvalue weighted by Gasteiger charge is 2.16. The van der Waals surface area contributed by atoms with Crippen LogP contribution in [0.3, 0.4) is 0 Å². The van der Waals surface area contributed by atoms with E-state index in [1.54, 1.807) is 12.3 Å². The number of aromatic nitrogens is 2. The highest BCUT2D eigenvalue weighted by atomic mass is 32.2. The van der Waals surface area contributed by atoms with Crippen LogP contribution in [0.25, 0.3) is 11.1 Å². The van der Waals surface area contributed by atoms with Gasteiger partial charge in [0.25, 0.3) is 11.9 Å². The molecule has 1 aliphatic heterocycles. The lowest BCUT2D eigenvalue weighted by molar-refractivity contribution is -0.135. The van der Waals surface area contributed by atoms with Gasteiger partial charge in [0.2, 0.25) is 5.95 Å². The Kier molecular flexibility index (Phi) is 9.62. The van der Waals surface area contributed by atoms with E-state index in [1.165, 1.54) is 6.26 Å². The van der Waals surface area contributed by atoms with Gasteiger partial charge in [-0.25, -0.2) is 13.4 Å². The van der Waals surface area contributed by atoms with E-state index < -0.39 is 21.8 Å². The van der Waals surface area contributed by atoms with Crippen LogP contribution in [0.15, 0.2) is 53.7 Å². The summed E-state index contributed by atoms with van der Waals surface area (Å²) in [6.07, 6.45) is 4.68. The smallest absolute Gasteiger partial charge is 0.300 e. The number of benzene rings is 2. The quantitative estimate of drug-likeness (QED) is 0.395. The molecule has 2 heterocycles. The maximum atomic E-state index is 11.7. The molecule has 1 aromatic heterocycles. The lowest BCUT2D eigenvalue weighted by atomic mass is 9.95. The molecule has 0 radical (unpaired) electrons. The monoisotopic (exact) mass is 513 g/mol. The summed E-state index contributed by atoms with van der Waals surface area (Å²) in [6.45, 7) is 2.77. The Morgan fingerprint density at radius 1 is 1.08 bits per heavy atom. The molecule has 5 N–H and O–H groups in total. The minimum atomic E-state index is -3.10. The number of nitrogens with one attached hydrogen (secondary N) is 1. The summed E-state index contributed by atoms with van der Waals surface area (Å²) in [7, 11) is -3.10. The highest BCUT2D eigenvalue weighted by molar-refractivity contribution is 7.89. The molecule has 0 fully saturated rings. The molecule has 11 nitrogen and oxygen atoms in total. The standard InChI is InChI=1S/C20H19N5O2S.2C2H4O2/c1-28(26,27)12-13-3-2-4-14(7-13)17-9-16(8-15-10-22-11-18(15)17)24-19-5-6-23-20(21)25-19;2*1-2(3)4/h2-10H,11-12H2,1H3,(H3,21,23,24,25);2*1H3,(H,3,4). The SMILES string of the molecule is CC(=O)O.CC(=O)O.CS(=O)(=O)Cc1cccc(-c2cc(Nc3ccnc(N)n3)cc3c2CN=C3)c1. The van der Waals surface area contributed by atoms with E-state index in [4.69, 9.17) is 25.5 Å². The van der Waals surface area contributed by atoms with Gasteiger partial charge in [-0.3, -0.25) is 14.6 Å². The third-order valence-electron chi connectivity index (χ3n) is 4.38. The van der Waals surface area contributed by atoms with Gasteiger partial charge in [-0.15, -0.1) is 0 Å². The maximum absolute atomic E-state index is 11.7. The van der Waals surface area contributed by atoms with Crippen molar-refractivity contribution in [1.82, 2.24) is 9.97 Å². The Hall–Kier alpha value is -4.32. The number of carboxylic acid groups (broad SMARTS) is 2. The number of fused-ring (bicyclic) bond motifs is 1. The van der Waals surface area contributed by atoms with Crippen molar-refractivity contribution in [3.8, 4) is 11.1 Å². The maximum Gasteiger partial charge on any atom is 0.300 e. The topological polar surface area (TPSA) is 185 Å². The van der Waals surface area contributed by atoms with Crippen LogP contribution in [-0.4, -0.2) is 53.0 Å². The Bertz CT molecular complexity index is 1370. The summed E-state index contributed by atoms with van der Waals surface area (Å²) < 4.78 is 23.3. The van der Waals surface area contributed by atoms with Crippen LogP contribution in [0.4, 0.5) is 17.5 Å². The van der Waals surface area contributed by atoms with Crippen molar-refractivity contribution in [2.45, 2.75) is 26.1 Å². The molecule has 0 bridgehead atoms. The second kappa shape index (κ2) is 12.4. The molecular weight excluding hydrogens is 486 g/mol. The van der Waals surface area contributed by atoms with Crippen LogP contribution in [0, 0.1) is 0 Å². The molecule has 0 unspecified atom stereocenters. The van der Waals surface area contributed by atoms with E-state index in [9.17, 15) is 8.42 Å². The first-order chi connectivity index (χ1) is 16.8. The third-order valence-corrected chi connectivity index (χ3v) is 5.24. The lowest BCUT2D eigenvalue weighted by Gasteiger charge is -2.14. The van der Waals surface area contributed by atoms with E-state index in [1.807, 2.05) is 42.6 Å². The number of aliphatic imine (C=N–C) groups is 1. The molecule has 0 saturated carbocycles. The van der Waals surface area contributed by atoms with Gasteiger partial charge in [-0.2, -0.15) is 4.98 Å². The van der Waals surface area contributed by atoms with Gasteiger partial charge >= 0.3 is 0 Å². The molecule has 12 heteroatoms. The first-order valence-corrected chi connectivity index (χ1v) is 12.6. The summed E-state index contributed by atoms with van der Waals surface area (Å²) in [5.41, 5.74) is 11.4. The molecule has 0 aliphatic carbocycles. The number of sulfone groups is 1. The van der Waals surface area contributed by atoms with Crippen molar-refractivity contribution in [1.29, 1.82) is 0 Å². The number of nitrogen functional groups attached to an aromatic ring is 1. The van der Waals surface area contributed by atoms with Crippen LogP contribution in [0.1, 0.15) is 30.5 Å². The largest absolute Gasteiger partial charge is 0.481 e. The number of nitrogens with zero attached hydrogens (tertiary/aromatic N) is 3. The summed E-state index contributed by atoms with van der Waals surface area (Å²) in [6, 6.07) is 13.4. The van der Waals surface area contributed by atoms with Crippen LogP contribution in [0.5, 0.6) is 0 Å². The van der Waals surface area contributed by atoms with Gasteiger partial charge in [-0.1, -0.05) is 24.3 Å². The molecule has 2 aromatic carbocycles. The summed E-state index contributed by atoms with van der Waals surface area (Å²) in [5.74, 6) is -0.863. The van der Waals surface area contributed by atoms with Crippen molar-refractivity contribution in [3.05, 3.63) is 65.4 Å². The van der Waals surface area contributed by atoms with Crippen LogP contribution < -0.4 is 11.1 Å². The minimum Gasteiger partial charge on any atom is -0.481 e. The van der Waals surface area contributed by atoms with Crippen molar-refractivity contribution in [2.24, 2.45) is 4.99 Å². The minimum absolute atomic E-state index is 0.0116. The van der Waals surface area contributed by atoms with Crippen molar-refractivity contribution in [2.75, 3.05) is 17.3 Å². The predicted octanol–water partition coefficient (Wildman–Crippen LogP) is 3.13. The average molecular weight is 514 g/mol. The number of anilines is 3. The molecular formula is C24H27N5O6S. The molecule has 0 amide bonds. The van der Waals surface area contributed by atoms with E-state index in [0.29, 0.717) is 12.4 Å². The lowest BCUT2D eigenvalue weighted by Crippen LogP contribution is -2.02. The predicted molar refractivity (Wildman–Crippen MR) is 138 cm³/mol. The fourth-order valence-corrected chi connectivity index (χ4v) is 4.06. The second-order valence-electron chi connectivity index (χ2n) is 7.79.